The smallest absolute Gasteiger partial charge is 0.270 e. The van der Waals surface area contributed by atoms with Gasteiger partial charge in [-0.25, -0.2) is 14.4 Å². The Kier molecular flexibility index (Phi) is 6.73. The van der Waals surface area contributed by atoms with Crippen molar-refractivity contribution in [2.45, 2.75) is 19.9 Å². The third kappa shape index (κ3) is 5.51. The van der Waals surface area contributed by atoms with Crippen molar-refractivity contribution in [2.24, 2.45) is 0 Å². The first-order valence-electron chi connectivity index (χ1n) is 9.30. The van der Waals surface area contributed by atoms with Crippen LogP contribution in [-0.4, -0.2) is 29.5 Å². The lowest BCUT2D eigenvalue weighted by molar-refractivity contribution is 0.0948. The fourth-order valence-electron chi connectivity index (χ4n) is 2.91. The first-order chi connectivity index (χ1) is 14.1. The average molecular weight is 394 g/mol. The number of halogens is 1. The van der Waals surface area contributed by atoms with E-state index in [0.717, 1.165) is 11.3 Å². The van der Waals surface area contributed by atoms with Gasteiger partial charge in [-0.15, -0.1) is 0 Å². The Labute approximate surface area is 169 Å². The third-order valence-electron chi connectivity index (χ3n) is 4.36. The highest BCUT2D eigenvalue weighted by Crippen LogP contribution is 2.18. The van der Waals surface area contributed by atoms with E-state index < -0.39 is 0 Å². The zero-order valence-electron chi connectivity index (χ0n) is 16.4. The number of methoxy groups -OCH3 is 1. The van der Waals surface area contributed by atoms with Gasteiger partial charge in [0.25, 0.3) is 5.91 Å². The maximum Gasteiger partial charge on any atom is 0.270 e. The van der Waals surface area contributed by atoms with E-state index in [9.17, 15) is 9.18 Å². The molecule has 3 aromatic rings. The van der Waals surface area contributed by atoms with Crippen molar-refractivity contribution >= 4 is 11.7 Å². The predicted molar refractivity (Wildman–Crippen MR) is 110 cm³/mol. The monoisotopic (exact) mass is 394 g/mol. The zero-order valence-corrected chi connectivity index (χ0v) is 16.4. The summed E-state index contributed by atoms with van der Waals surface area (Å²) in [6.07, 6.45) is 0.404. The van der Waals surface area contributed by atoms with E-state index >= 15 is 0 Å². The number of carbonyl (C=O) groups excluding carboxylic acids is 1. The van der Waals surface area contributed by atoms with Crippen molar-refractivity contribution in [3.63, 3.8) is 0 Å². The molecular formula is C22H23FN4O2. The Bertz CT molecular complexity index is 994. The maximum absolute atomic E-state index is 13.7. The minimum atomic E-state index is -0.327. The van der Waals surface area contributed by atoms with E-state index in [4.69, 9.17) is 4.74 Å². The maximum atomic E-state index is 13.7. The summed E-state index contributed by atoms with van der Waals surface area (Å²) >= 11 is 0. The molecule has 0 aliphatic heterocycles. The van der Waals surface area contributed by atoms with Crippen LogP contribution in [0, 0.1) is 12.7 Å². The number of nitrogens with one attached hydrogen (secondary N) is 2. The van der Waals surface area contributed by atoms with Crippen LogP contribution in [0.1, 0.15) is 27.4 Å². The first kappa shape index (κ1) is 20.3. The van der Waals surface area contributed by atoms with Crippen molar-refractivity contribution in [1.29, 1.82) is 0 Å². The molecule has 2 aromatic carbocycles. The van der Waals surface area contributed by atoms with Gasteiger partial charge in [-0.2, -0.15) is 0 Å². The molecule has 0 bridgehead atoms. The molecule has 3 rings (SSSR count). The van der Waals surface area contributed by atoms with Gasteiger partial charge in [0.1, 0.15) is 28.9 Å². The number of hydrogen-bond donors (Lipinski definition) is 2. The topological polar surface area (TPSA) is 76.1 Å². The van der Waals surface area contributed by atoms with E-state index in [2.05, 4.69) is 20.6 Å². The van der Waals surface area contributed by atoms with Gasteiger partial charge in [0.2, 0.25) is 0 Å². The summed E-state index contributed by atoms with van der Waals surface area (Å²) in [5.41, 5.74) is 1.79. The van der Waals surface area contributed by atoms with E-state index in [-0.39, 0.29) is 17.4 Å². The highest BCUT2D eigenvalue weighted by atomic mass is 19.1. The number of para-hydroxylation sites is 1. The van der Waals surface area contributed by atoms with Crippen LogP contribution in [0.25, 0.3) is 0 Å². The van der Waals surface area contributed by atoms with Gasteiger partial charge in [-0.3, -0.25) is 4.79 Å². The molecule has 150 valence electrons. The largest absolute Gasteiger partial charge is 0.496 e. The van der Waals surface area contributed by atoms with Crippen LogP contribution in [0.3, 0.4) is 0 Å². The highest BCUT2D eigenvalue weighted by Gasteiger charge is 2.11. The van der Waals surface area contributed by atoms with Crippen molar-refractivity contribution in [2.75, 3.05) is 19.0 Å². The average Bonchev–Trinajstić information content (AvgIpc) is 2.73. The Balaban J connectivity index is 1.62. The van der Waals surface area contributed by atoms with Gasteiger partial charge in [0.05, 0.1) is 7.11 Å². The van der Waals surface area contributed by atoms with Gasteiger partial charge >= 0.3 is 0 Å². The summed E-state index contributed by atoms with van der Waals surface area (Å²) in [4.78, 5) is 21.0. The summed E-state index contributed by atoms with van der Waals surface area (Å²) in [7, 11) is 1.62. The third-order valence-corrected chi connectivity index (χ3v) is 4.36. The van der Waals surface area contributed by atoms with Crippen LogP contribution < -0.4 is 15.4 Å². The highest BCUT2D eigenvalue weighted by molar-refractivity contribution is 5.92. The molecule has 1 amide bonds. The van der Waals surface area contributed by atoms with Crippen LogP contribution in [-0.2, 0) is 13.0 Å². The molecule has 0 aliphatic rings. The predicted octanol–water partition coefficient (Wildman–Crippen LogP) is 3.52. The Morgan fingerprint density at radius 2 is 1.79 bits per heavy atom. The lowest BCUT2D eigenvalue weighted by Gasteiger charge is -2.11. The number of anilines is 1. The molecule has 6 nitrogen and oxygen atoms in total. The number of benzene rings is 2. The molecule has 0 unspecified atom stereocenters. The van der Waals surface area contributed by atoms with Crippen molar-refractivity contribution in [3.05, 3.63) is 83.1 Å². The molecule has 7 heteroatoms. The molecule has 0 aliphatic carbocycles. The van der Waals surface area contributed by atoms with Crippen LogP contribution in [0.2, 0.25) is 0 Å². The Hall–Kier alpha value is -3.48. The van der Waals surface area contributed by atoms with Crippen LogP contribution >= 0.6 is 0 Å². The number of aryl methyl sites for hydroxylation is 1. The van der Waals surface area contributed by atoms with Crippen molar-refractivity contribution < 1.29 is 13.9 Å². The minimum absolute atomic E-state index is 0.258. The second kappa shape index (κ2) is 9.64. The number of ether oxygens (including phenoxy) is 1. The minimum Gasteiger partial charge on any atom is -0.496 e. The molecule has 0 radical (unpaired) electrons. The van der Waals surface area contributed by atoms with Crippen LogP contribution in [0.15, 0.2) is 54.6 Å². The van der Waals surface area contributed by atoms with Gasteiger partial charge in [0, 0.05) is 24.7 Å². The van der Waals surface area contributed by atoms with Crippen LogP contribution in [0.5, 0.6) is 5.75 Å². The number of rotatable bonds is 8. The number of aromatic nitrogens is 2. The van der Waals surface area contributed by atoms with E-state index in [1.807, 2.05) is 24.3 Å². The Morgan fingerprint density at radius 3 is 2.55 bits per heavy atom. The number of nitrogens with zero attached hydrogens (tertiary/aromatic N) is 2. The second-order valence-corrected chi connectivity index (χ2v) is 6.45. The summed E-state index contributed by atoms with van der Waals surface area (Å²) in [6, 6.07) is 15.8. The summed E-state index contributed by atoms with van der Waals surface area (Å²) in [6.45, 7) is 2.53. The van der Waals surface area contributed by atoms with Gasteiger partial charge < -0.3 is 15.4 Å². The molecule has 0 atom stereocenters. The summed E-state index contributed by atoms with van der Waals surface area (Å²) < 4.78 is 19.0. The fraction of sp³-hybridized carbons (Fsp3) is 0.227. The van der Waals surface area contributed by atoms with Crippen LogP contribution in [0.4, 0.5) is 10.2 Å². The van der Waals surface area contributed by atoms with Gasteiger partial charge in [-0.05, 0) is 31.0 Å². The quantitative estimate of drug-likeness (QED) is 0.611. The molecule has 1 heterocycles. The van der Waals surface area contributed by atoms with Crippen molar-refractivity contribution in [1.82, 2.24) is 15.3 Å². The van der Waals surface area contributed by atoms with E-state index in [0.29, 0.717) is 36.7 Å². The molecule has 2 N–H and O–H groups in total. The standard InChI is InChI=1S/C22H23FN4O2/c1-15-26-19(22(28)24-12-11-16-7-3-5-9-18(16)23)13-21(27-15)25-14-17-8-4-6-10-20(17)29-2/h3-10,13H,11-12,14H2,1-2H3,(H,24,28)(H,25,26,27). The summed E-state index contributed by atoms with van der Waals surface area (Å²) in [5.74, 6) is 1.20. The first-order valence-corrected chi connectivity index (χ1v) is 9.30. The normalized spacial score (nSPS) is 10.4. The molecule has 0 spiro atoms. The van der Waals surface area contributed by atoms with Gasteiger partial charge in [0.15, 0.2) is 0 Å². The van der Waals surface area contributed by atoms with E-state index in [1.54, 1.807) is 38.3 Å². The molecule has 0 saturated heterocycles. The SMILES string of the molecule is COc1ccccc1CNc1cc(C(=O)NCCc2ccccc2F)nc(C)n1. The second-order valence-electron chi connectivity index (χ2n) is 6.45. The Morgan fingerprint density at radius 1 is 1.07 bits per heavy atom. The molecule has 29 heavy (non-hydrogen) atoms. The molecule has 0 fully saturated rings. The zero-order chi connectivity index (χ0) is 20.6. The lowest BCUT2D eigenvalue weighted by Crippen LogP contribution is -2.27. The van der Waals surface area contributed by atoms with Gasteiger partial charge in [-0.1, -0.05) is 36.4 Å². The number of amides is 1. The molecule has 1 aromatic heterocycles. The molecule has 0 saturated carbocycles. The molecular weight excluding hydrogens is 371 g/mol. The fourth-order valence-corrected chi connectivity index (χ4v) is 2.91. The summed E-state index contributed by atoms with van der Waals surface area (Å²) in [5, 5.41) is 5.98. The number of hydrogen-bond acceptors (Lipinski definition) is 5. The van der Waals surface area contributed by atoms with Crippen molar-refractivity contribution in [3.8, 4) is 5.75 Å². The number of carbonyl (C=O) groups is 1. The lowest BCUT2D eigenvalue weighted by atomic mass is 10.1. The van der Waals surface area contributed by atoms with E-state index in [1.165, 1.54) is 6.07 Å².